The van der Waals surface area contributed by atoms with Crippen molar-refractivity contribution in [3.8, 4) is 0 Å². The number of rotatable bonds is 3. The molecule has 1 heterocycles. The van der Waals surface area contributed by atoms with E-state index < -0.39 is 0 Å². The van der Waals surface area contributed by atoms with Crippen molar-refractivity contribution < 1.29 is 0 Å². The molecular formula is C16H25NS. The minimum atomic E-state index is 0.469. The van der Waals surface area contributed by atoms with Crippen LogP contribution in [0.3, 0.4) is 0 Å². The lowest BCUT2D eigenvalue weighted by molar-refractivity contribution is 0.108. The quantitative estimate of drug-likeness (QED) is 0.854. The van der Waals surface area contributed by atoms with Gasteiger partial charge in [-0.15, -0.1) is 0 Å². The van der Waals surface area contributed by atoms with Crippen LogP contribution in [0.2, 0.25) is 0 Å². The summed E-state index contributed by atoms with van der Waals surface area (Å²) in [5, 5.41) is 8.44. The van der Waals surface area contributed by atoms with E-state index in [0.29, 0.717) is 16.9 Å². The largest absolute Gasteiger partial charge is 0.309 e. The smallest absolute Gasteiger partial charge is 0.0219 e. The summed E-state index contributed by atoms with van der Waals surface area (Å²) in [6.45, 7) is 10.7. The average Bonchev–Trinajstić information content (AvgIpc) is 2.90. The summed E-state index contributed by atoms with van der Waals surface area (Å²) in [5.74, 6) is 0.934. The molecule has 0 radical (unpaired) electrons. The molecule has 100 valence electrons. The Balaban J connectivity index is 1.74. The molecule has 2 saturated carbocycles. The van der Waals surface area contributed by atoms with Gasteiger partial charge >= 0.3 is 0 Å². The predicted octanol–water partition coefficient (Wildman–Crippen LogP) is 4.36. The highest BCUT2D eigenvalue weighted by molar-refractivity contribution is 7.08. The molecule has 0 aromatic carbocycles. The van der Waals surface area contributed by atoms with Crippen LogP contribution in [0.1, 0.15) is 51.2 Å². The Kier molecular flexibility index (Phi) is 2.87. The summed E-state index contributed by atoms with van der Waals surface area (Å²) in [6.07, 6.45) is 4.29. The lowest BCUT2D eigenvalue weighted by atomic mass is 9.68. The molecule has 2 fully saturated rings. The van der Waals surface area contributed by atoms with Gasteiger partial charge in [-0.2, -0.15) is 11.3 Å². The Bertz CT molecular complexity index is 443. The lowest BCUT2D eigenvalue weighted by Gasteiger charge is -2.43. The zero-order chi connectivity index (χ0) is 13.0. The second-order valence-electron chi connectivity index (χ2n) is 7.31. The average molecular weight is 263 g/mol. The van der Waals surface area contributed by atoms with Crippen LogP contribution in [0.4, 0.5) is 0 Å². The maximum absolute atomic E-state index is 3.89. The minimum Gasteiger partial charge on any atom is -0.309 e. The van der Waals surface area contributed by atoms with Crippen molar-refractivity contribution in [1.82, 2.24) is 5.32 Å². The zero-order valence-corrected chi connectivity index (χ0v) is 12.9. The van der Waals surface area contributed by atoms with E-state index in [1.54, 1.807) is 0 Å². The summed E-state index contributed by atoms with van der Waals surface area (Å²) >= 11 is 1.82. The van der Waals surface area contributed by atoms with Crippen molar-refractivity contribution >= 4 is 11.3 Å². The first-order valence-electron chi connectivity index (χ1n) is 7.18. The van der Waals surface area contributed by atoms with Gasteiger partial charge < -0.3 is 5.32 Å². The molecule has 0 spiro atoms. The monoisotopic (exact) mass is 263 g/mol. The Hall–Kier alpha value is -0.340. The molecule has 2 bridgehead atoms. The highest BCUT2D eigenvalue weighted by Gasteiger charge is 2.58. The van der Waals surface area contributed by atoms with Gasteiger partial charge in [0.15, 0.2) is 0 Å². The van der Waals surface area contributed by atoms with E-state index in [9.17, 15) is 0 Å². The van der Waals surface area contributed by atoms with E-state index in [2.05, 4.69) is 43.8 Å². The number of thiophene rings is 1. The predicted molar refractivity (Wildman–Crippen MR) is 78.9 cm³/mol. The molecule has 2 aliphatic carbocycles. The second kappa shape index (κ2) is 4.08. The SMILES string of the molecule is Cc1cscc1CNC1C(C)(C)[C@H]2CC[C@]1(C)C2. The molecule has 2 heteroatoms. The highest BCUT2D eigenvalue weighted by Crippen LogP contribution is 2.62. The van der Waals surface area contributed by atoms with Crippen LogP contribution in [-0.4, -0.2) is 6.04 Å². The molecule has 0 amide bonds. The van der Waals surface area contributed by atoms with Gasteiger partial charge in [0.2, 0.25) is 0 Å². The minimum absolute atomic E-state index is 0.469. The molecule has 1 unspecified atom stereocenters. The summed E-state index contributed by atoms with van der Waals surface area (Å²) < 4.78 is 0. The van der Waals surface area contributed by atoms with Crippen LogP contribution in [0, 0.1) is 23.7 Å². The van der Waals surface area contributed by atoms with Crippen LogP contribution < -0.4 is 5.32 Å². The molecule has 3 atom stereocenters. The Morgan fingerprint density at radius 1 is 1.33 bits per heavy atom. The van der Waals surface area contributed by atoms with E-state index in [1.165, 1.54) is 30.4 Å². The van der Waals surface area contributed by atoms with Crippen molar-refractivity contribution in [3.05, 3.63) is 21.9 Å². The molecule has 1 N–H and O–H groups in total. The molecule has 0 aliphatic heterocycles. The van der Waals surface area contributed by atoms with Gasteiger partial charge in [-0.05, 0) is 64.8 Å². The molecule has 3 rings (SSSR count). The highest BCUT2D eigenvalue weighted by atomic mass is 32.1. The van der Waals surface area contributed by atoms with Gasteiger partial charge in [-0.25, -0.2) is 0 Å². The second-order valence-corrected chi connectivity index (χ2v) is 8.05. The standard InChI is InChI=1S/C16H25NS/c1-11-9-18-10-12(11)8-17-14-15(2,3)13-5-6-16(14,4)7-13/h9-10,13-14,17H,5-8H2,1-4H3/t13-,14?,16+/m0/s1. The first-order valence-corrected chi connectivity index (χ1v) is 8.13. The fourth-order valence-electron chi connectivity index (χ4n) is 4.59. The Morgan fingerprint density at radius 2 is 2.11 bits per heavy atom. The fraction of sp³-hybridized carbons (Fsp3) is 0.750. The van der Waals surface area contributed by atoms with E-state index in [0.717, 1.165) is 12.5 Å². The fourth-order valence-corrected chi connectivity index (χ4v) is 5.45. The molecule has 18 heavy (non-hydrogen) atoms. The molecular weight excluding hydrogens is 238 g/mol. The van der Waals surface area contributed by atoms with Crippen LogP contribution >= 0.6 is 11.3 Å². The Morgan fingerprint density at radius 3 is 2.67 bits per heavy atom. The first-order chi connectivity index (χ1) is 8.43. The van der Waals surface area contributed by atoms with Gasteiger partial charge in [0.1, 0.15) is 0 Å². The van der Waals surface area contributed by atoms with Crippen molar-refractivity contribution in [1.29, 1.82) is 0 Å². The van der Waals surface area contributed by atoms with Gasteiger partial charge in [0.25, 0.3) is 0 Å². The number of aryl methyl sites for hydroxylation is 1. The summed E-state index contributed by atoms with van der Waals surface area (Å²) in [5.41, 5.74) is 3.94. The van der Waals surface area contributed by atoms with E-state index in [1.807, 2.05) is 11.3 Å². The van der Waals surface area contributed by atoms with Crippen molar-refractivity contribution in [2.45, 2.75) is 59.5 Å². The summed E-state index contributed by atoms with van der Waals surface area (Å²) in [4.78, 5) is 0. The molecule has 1 aromatic heterocycles. The third-order valence-corrected chi connectivity index (χ3v) is 6.64. The third kappa shape index (κ3) is 1.77. The Labute approximate surface area is 115 Å². The van der Waals surface area contributed by atoms with E-state index in [-0.39, 0.29) is 0 Å². The van der Waals surface area contributed by atoms with Gasteiger partial charge in [-0.1, -0.05) is 20.8 Å². The van der Waals surface area contributed by atoms with E-state index >= 15 is 0 Å². The van der Waals surface area contributed by atoms with Gasteiger partial charge in [-0.3, -0.25) is 0 Å². The normalized spacial score (nSPS) is 37.3. The topological polar surface area (TPSA) is 12.0 Å². The van der Waals surface area contributed by atoms with E-state index in [4.69, 9.17) is 0 Å². The van der Waals surface area contributed by atoms with Crippen molar-refractivity contribution in [2.24, 2.45) is 16.7 Å². The first kappa shape index (κ1) is 12.7. The zero-order valence-electron chi connectivity index (χ0n) is 12.0. The number of hydrogen-bond donors (Lipinski definition) is 1. The van der Waals surface area contributed by atoms with Crippen molar-refractivity contribution in [3.63, 3.8) is 0 Å². The van der Waals surface area contributed by atoms with Crippen molar-refractivity contribution in [2.75, 3.05) is 0 Å². The number of nitrogens with one attached hydrogen (secondary N) is 1. The third-order valence-electron chi connectivity index (χ3n) is 5.73. The van der Waals surface area contributed by atoms with Crippen LogP contribution in [-0.2, 0) is 6.54 Å². The van der Waals surface area contributed by atoms with Crippen LogP contribution in [0.25, 0.3) is 0 Å². The number of hydrogen-bond acceptors (Lipinski definition) is 2. The van der Waals surface area contributed by atoms with Crippen LogP contribution in [0.5, 0.6) is 0 Å². The molecule has 1 nitrogen and oxygen atoms in total. The summed E-state index contributed by atoms with van der Waals surface area (Å²) in [7, 11) is 0. The van der Waals surface area contributed by atoms with Gasteiger partial charge in [0.05, 0.1) is 0 Å². The lowest BCUT2D eigenvalue weighted by Crippen LogP contribution is -2.49. The summed E-state index contributed by atoms with van der Waals surface area (Å²) in [6, 6.07) is 0.683. The van der Waals surface area contributed by atoms with Crippen LogP contribution in [0.15, 0.2) is 10.8 Å². The maximum atomic E-state index is 3.89. The molecule has 2 aliphatic rings. The van der Waals surface area contributed by atoms with Gasteiger partial charge in [0, 0.05) is 12.6 Å². The molecule has 1 aromatic rings. The number of fused-ring (bicyclic) bond motifs is 2. The molecule has 0 saturated heterocycles. The maximum Gasteiger partial charge on any atom is 0.0219 e.